The lowest BCUT2D eigenvalue weighted by Gasteiger charge is -2.07. The van der Waals surface area contributed by atoms with Crippen molar-refractivity contribution < 1.29 is 13.9 Å². The highest BCUT2D eigenvalue weighted by molar-refractivity contribution is 6.31. The standard InChI is InChI=1S/C18H16ClNO4/c1-11-3-5-14(9-12(11)2)23-17(21)7-8-20-15-6-4-13(19)10-16(15)24-18(20)22/h3-6,9-10H,7-8H2,1-2H3. The van der Waals surface area contributed by atoms with Crippen molar-refractivity contribution in [3.05, 3.63) is 63.1 Å². The second kappa shape index (κ2) is 6.53. The minimum Gasteiger partial charge on any atom is -0.426 e. The van der Waals surface area contributed by atoms with Crippen molar-refractivity contribution >= 4 is 28.7 Å². The highest BCUT2D eigenvalue weighted by Crippen LogP contribution is 2.19. The Balaban J connectivity index is 1.71. The molecular formula is C18H16ClNO4. The topological polar surface area (TPSA) is 61.4 Å². The van der Waals surface area contributed by atoms with Crippen LogP contribution in [0.25, 0.3) is 11.1 Å². The maximum atomic E-state index is 12.0. The summed E-state index contributed by atoms with van der Waals surface area (Å²) in [5, 5.41) is 0.484. The van der Waals surface area contributed by atoms with Gasteiger partial charge >= 0.3 is 11.7 Å². The van der Waals surface area contributed by atoms with Crippen molar-refractivity contribution in [2.75, 3.05) is 0 Å². The van der Waals surface area contributed by atoms with E-state index in [0.29, 0.717) is 21.9 Å². The number of aryl methyl sites for hydroxylation is 3. The number of ether oxygens (including phenoxy) is 1. The van der Waals surface area contributed by atoms with Gasteiger partial charge in [-0.1, -0.05) is 17.7 Å². The summed E-state index contributed by atoms with van der Waals surface area (Å²) in [5.74, 6) is -0.431. The van der Waals surface area contributed by atoms with Gasteiger partial charge in [0.15, 0.2) is 5.58 Å². The average molecular weight is 346 g/mol. The number of hydrogen-bond acceptors (Lipinski definition) is 4. The Bertz CT molecular complexity index is 971. The highest BCUT2D eigenvalue weighted by atomic mass is 35.5. The van der Waals surface area contributed by atoms with Crippen molar-refractivity contribution in [2.24, 2.45) is 0 Å². The molecule has 1 aromatic heterocycles. The molecule has 2 aromatic carbocycles. The average Bonchev–Trinajstić information content (AvgIpc) is 2.83. The van der Waals surface area contributed by atoms with Gasteiger partial charge in [-0.05, 0) is 49.2 Å². The van der Waals surface area contributed by atoms with Gasteiger partial charge in [-0.25, -0.2) is 4.79 Å². The second-order valence-electron chi connectivity index (χ2n) is 5.60. The largest absolute Gasteiger partial charge is 0.426 e. The first kappa shape index (κ1) is 16.3. The van der Waals surface area contributed by atoms with E-state index in [0.717, 1.165) is 11.1 Å². The Morgan fingerprint density at radius 3 is 2.71 bits per heavy atom. The molecule has 0 saturated heterocycles. The third kappa shape index (κ3) is 3.36. The number of oxazole rings is 1. The minimum atomic E-state index is -0.522. The van der Waals surface area contributed by atoms with E-state index < -0.39 is 11.7 Å². The molecule has 0 aliphatic carbocycles. The van der Waals surface area contributed by atoms with Gasteiger partial charge in [-0.2, -0.15) is 0 Å². The molecule has 0 amide bonds. The molecule has 0 bridgehead atoms. The van der Waals surface area contributed by atoms with Crippen molar-refractivity contribution in [3.8, 4) is 5.75 Å². The number of esters is 1. The smallest absolute Gasteiger partial charge is 0.419 e. The number of aromatic nitrogens is 1. The predicted molar refractivity (Wildman–Crippen MR) is 91.7 cm³/mol. The van der Waals surface area contributed by atoms with E-state index in [1.165, 1.54) is 4.57 Å². The molecule has 0 N–H and O–H groups in total. The van der Waals surface area contributed by atoms with Gasteiger partial charge in [0.25, 0.3) is 0 Å². The van der Waals surface area contributed by atoms with E-state index in [9.17, 15) is 9.59 Å². The van der Waals surface area contributed by atoms with Crippen LogP contribution in [0, 0.1) is 13.8 Å². The molecule has 5 nitrogen and oxygen atoms in total. The lowest BCUT2D eigenvalue weighted by atomic mass is 10.1. The van der Waals surface area contributed by atoms with E-state index in [4.69, 9.17) is 20.8 Å². The van der Waals surface area contributed by atoms with Crippen molar-refractivity contribution in [1.82, 2.24) is 4.57 Å². The summed E-state index contributed by atoms with van der Waals surface area (Å²) in [6, 6.07) is 10.4. The Morgan fingerprint density at radius 1 is 1.17 bits per heavy atom. The van der Waals surface area contributed by atoms with Crippen LogP contribution in [-0.2, 0) is 11.3 Å². The third-order valence-corrected chi connectivity index (χ3v) is 4.11. The molecular weight excluding hydrogens is 330 g/mol. The fraction of sp³-hybridized carbons (Fsp3) is 0.222. The molecule has 0 radical (unpaired) electrons. The number of benzene rings is 2. The maximum Gasteiger partial charge on any atom is 0.419 e. The summed E-state index contributed by atoms with van der Waals surface area (Å²) < 4.78 is 11.8. The van der Waals surface area contributed by atoms with Crippen LogP contribution in [0.3, 0.4) is 0 Å². The molecule has 6 heteroatoms. The number of carbonyl (C=O) groups excluding carboxylic acids is 1. The highest BCUT2D eigenvalue weighted by Gasteiger charge is 2.12. The molecule has 3 rings (SSSR count). The molecule has 24 heavy (non-hydrogen) atoms. The van der Waals surface area contributed by atoms with Gasteiger partial charge < -0.3 is 9.15 Å². The van der Waals surface area contributed by atoms with Gasteiger partial charge in [0.1, 0.15) is 5.75 Å². The van der Waals surface area contributed by atoms with E-state index in [1.54, 1.807) is 24.3 Å². The molecule has 0 fully saturated rings. The van der Waals surface area contributed by atoms with Gasteiger partial charge in [-0.15, -0.1) is 0 Å². The van der Waals surface area contributed by atoms with E-state index in [-0.39, 0.29) is 13.0 Å². The fourth-order valence-corrected chi connectivity index (χ4v) is 2.58. The second-order valence-corrected chi connectivity index (χ2v) is 6.04. The monoisotopic (exact) mass is 345 g/mol. The number of fused-ring (bicyclic) bond motifs is 1. The first-order valence-corrected chi connectivity index (χ1v) is 7.88. The van der Waals surface area contributed by atoms with Crippen LogP contribution in [0.4, 0.5) is 0 Å². The summed E-state index contributed by atoms with van der Waals surface area (Å²) in [6.07, 6.45) is 0.0596. The van der Waals surface area contributed by atoms with Crippen molar-refractivity contribution in [1.29, 1.82) is 0 Å². The molecule has 3 aromatic rings. The van der Waals surface area contributed by atoms with Gasteiger partial charge in [-0.3, -0.25) is 9.36 Å². The normalized spacial score (nSPS) is 11.0. The number of halogens is 1. The van der Waals surface area contributed by atoms with Crippen LogP contribution in [-0.4, -0.2) is 10.5 Å². The van der Waals surface area contributed by atoms with Gasteiger partial charge in [0.05, 0.1) is 11.9 Å². The predicted octanol–water partition coefficient (Wildman–Crippen LogP) is 3.86. The molecule has 1 heterocycles. The Kier molecular flexibility index (Phi) is 4.44. The third-order valence-electron chi connectivity index (χ3n) is 3.88. The maximum absolute atomic E-state index is 12.0. The summed E-state index contributed by atoms with van der Waals surface area (Å²) >= 11 is 5.88. The summed E-state index contributed by atoms with van der Waals surface area (Å²) in [6.45, 7) is 4.12. The van der Waals surface area contributed by atoms with E-state index in [2.05, 4.69) is 0 Å². The summed E-state index contributed by atoms with van der Waals surface area (Å²) in [7, 11) is 0. The number of nitrogens with zero attached hydrogens (tertiary/aromatic N) is 1. The van der Waals surface area contributed by atoms with E-state index >= 15 is 0 Å². The summed E-state index contributed by atoms with van der Waals surface area (Å²) in [4.78, 5) is 23.9. The molecule has 124 valence electrons. The zero-order chi connectivity index (χ0) is 17.3. The van der Waals surface area contributed by atoms with E-state index in [1.807, 2.05) is 26.0 Å². The molecule has 0 atom stereocenters. The van der Waals surface area contributed by atoms with Crippen molar-refractivity contribution in [2.45, 2.75) is 26.8 Å². The van der Waals surface area contributed by atoms with Crippen LogP contribution in [0.1, 0.15) is 17.5 Å². The first-order chi connectivity index (χ1) is 11.4. The van der Waals surface area contributed by atoms with Gasteiger partial charge in [0, 0.05) is 17.6 Å². The number of carbonyl (C=O) groups is 1. The lowest BCUT2D eigenvalue weighted by Crippen LogP contribution is -2.18. The van der Waals surface area contributed by atoms with Crippen LogP contribution in [0.15, 0.2) is 45.6 Å². The lowest BCUT2D eigenvalue weighted by molar-refractivity contribution is -0.134. The SMILES string of the molecule is Cc1ccc(OC(=O)CCn2c(=O)oc3cc(Cl)ccc32)cc1C. The van der Waals surface area contributed by atoms with Gasteiger partial charge in [0.2, 0.25) is 0 Å². The molecule has 0 spiro atoms. The molecule has 0 aliphatic heterocycles. The fourth-order valence-electron chi connectivity index (χ4n) is 2.41. The van der Waals surface area contributed by atoms with Crippen molar-refractivity contribution in [3.63, 3.8) is 0 Å². The van der Waals surface area contributed by atoms with Crippen LogP contribution >= 0.6 is 11.6 Å². The Morgan fingerprint density at radius 2 is 1.96 bits per heavy atom. The quantitative estimate of drug-likeness (QED) is 0.532. The zero-order valence-electron chi connectivity index (χ0n) is 13.3. The molecule has 0 unspecified atom stereocenters. The number of hydrogen-bond donors (Lipinski definition) is 0. The summed E-state index contributed by atoms with van der Waals surface area (Å²) in [5.41, 5.74) is 3.18. The molecule has 0 aliphatic rings. The molecule has 0 saturated carbocycles. The minimum absolute atomic E-state index is 0.0596. The van der Waals surface area contributed by atoms with Crippen LogP contribution < -0.4 is 10.5 Å². The Labute approximate surface area is 143 Å². The first-order valence-electron chi connectivity index (χ1n) is 7.51. The Hall–Kier alpha value is -2.53. The number of rotatable bonds is 4. The van der Waals surface area contributed by atoms with Crippen LogP contribution in [0.5, 0.6) is 5.75 Å². The zero-order valence-corrected chi connectivity index (χ0v) is 14.1. The van der Waals surface area contributed by atoms with Crippen LogP contribution in [0.2, 0.25) is 5.02 Å².